The number of carbonyl (C=O) groups is 1. The number of nitrogens with zero attached hydrogens (tertiary/aromatic N) is 3. The van der Waals surface area contributed by atoms with Crippen LogP contribution in [0.15, 0.2) is 29.3 Å². The van der Waals surface area contributed by atoms with Gasteiger partial charge in [-0.1, -0.05) is 44.0 Å². The van der Waals surface area contributed by atoms with Crippen LogP contribution in [0.1, 0.15) is 50.7 Å². The van der Waals surface area contributed by atoms with Crippen LogP contribution < -0.4 is 10.6 Å². The van der Waals surface area contributed by atoms with Crippen LogP contribution in [0.25, 0.3) is 0 Å². The topological polar surface area (TPSA) is 60.0 Å². The molecule has 7 heteroatoms. The zero-order chi connectivity index (χ0) is 21.3. The van der Waals surface area contributed by atoms with E-state index in [1.54, 1.807) is 4.90 Å². The second-order valence-corrected chi connectivity index (χ2v) is 8.39. The van der Waals surface area contributed by atoms with Gasteiger partial charge < -0.3 is 20.4 Å². The molecule has 1 aliphatic rings. The Morgan fingerprint density at radius 2 is 1.77 bits per heavy atom. The Kier molecular flexibility index (Phi) is 11.7. The molecule has 1 aromatic carbocycles. The molecule has 0 atom stereocenters. The van der Waals surface area contributed by atoms with E-state index in [1.165, 1.54) is 11.1 Å². The Bertz CT molecular complexity index is 686. The van der Waals surface area contributed by atoms with Gasteiger partial charge in [-0.2, -0.15) is 0 Å². The van der Waals surface area contributed by atoms with E-state index >= 15 is 0 Å². The number of amides is 1. The maximum Gasteiger partial charge on any atom is 0.230 e. The number of rotatable bonds is 9. The lowest BCUT2D eigenvalue weighted by molar-refractivity contribution is -0.138. The summed E-state index contributed by atoms with van der Waals surface area (Å²) >= 11 is 0. The fourth-order valence-corrected chi connectivity index (χ4v) is 4.01. The summed E-state index contributed by atoms with van der Waals surface area (Å²) in [6.45, 7) is 8.26. The van der Waals surface area contributed by atoms with E-state index in [9.17, 15) is 4.79 Å². The number of carbonyl (C=O) groups excluding carboxylic acids is 1. The molecule has 170 valence electrons. The van der Waals surface area contributed by atoms with Gasteiger partial charge in [0.25, 0.3) is 0 Å². The number of aliphatic imine (C=N–C) groups is 1. The van der Waals surface area contributed by atoms with Crippen molar-refractivity contribution in [3.63, 3.8) is 0 Å². The fourth-order valence-electron chi connectivity index (χ4n) is 4.01. The van der Waals surface area contributed by atoms with Crippen LogP contribution in [0.3, 0.4) is 0 Å². The minimum atomic E-state index is -0.301. The van der Waals surface area contributed by atoms with Crippen LogP contribution in [0, 0.1) is 5.41 Å². The molecule has 0 spiro atoms. The molecule has 0 aliphatic heterocycles. The number of benzene rings is 1. The van der Waals surface area contributed by atoms with Crippen molar-refractivity contribution < 1.29 is 4.79 Å². The van der Waals surface area contributed by atoms with Gasteiger partial charge in [0.2, 0.25) is 5.91 Å². The van der Waals surface area contributed by atoms with Gasteiger partial charge in [0.1, 0.15) is 0 Å². The SMILES string of the molecule is CCNC(=NCc1cccc(CN(C)CC)c1)NCC1(C(=O)N(C)C)CCCC1.I. The van der Waals surface area contributed by atoms with Crippen LogP contribution in [0.5, 0.6) is 0 Å². The zero-order valence-corrected chi connectivity index (χ0v) is 21.7. The predicted octanol–water partition coefficient (Wildman–Crippen LogP) is 3.46. The van der Waals surface area contributed by atoms with Gasteiger partial charge in [-0.3, -0.25) is 4.79 Å². The molecule has 1 fully saturated rings. The van der Waals surface area contributed by atoms with Crippen LogP contribution >= 0.6 is 24.0 Å². The van der Waals surface area contributed by atoms with Crippen molar-refractivity contribution >= 4 is 35.8 Å². The Balaban J connectivity index is 0.00000450. The number of halogens is 1. The van der Waals surface area contributed by atoms with Gasteiger partial charge in [-0.15, -0.1) is 24.0 Å². The molecule has 0 radical (unpaired) electrons. The molecule has 0 bridgehead atoms. The van der Waals surface area contributed by atoms with E-state index < -0.39 is 0 Å². The molecule has 1 amide bonds. The quantitative estimate of drug-likeness (QED) is 0.292. The Morgan fingerprint density at radius 3 is 2.37 bits per heavy atom. The third-order valence-corrected chi connectivity index (χ3v) is 5.76. The Hall–Kier alpha value is -1.35. The van der Waals surface area contributed by atoms with Gasteiger partial charge in [-0.25, -0.2) is 4.99 Å². The van der Waals surface area contributed by atoms with Crippen molar-refractivity contribution in [2.45, 2.75) is 52.6 Å². The largest absolute Gasteiger partial charge is 0.357 e. The van der Waals surface area contributed by atoms with E-state index in [1.807, 2.05) is 14.1 Å². The maximum absolute atomic E-state index is 12.8. The first-order chi connectivity index (χ1) is 13.9. The van der Waals surface area contributed by atoms with Gasteiger partial charge in [0.15, 0.2) is 5.96 Å². The Labute approximate surface area is 199 Å². The minimum absolute atomic E-state index is 0. The average Bonchev–Trinajstić information content (AvgIpc) is 3.19. The van der Waals surface area contributed by atoms with Crippen LogP contribution in [0.4, 0.5) is 0 Å². The molecule has 1 aliphatic carbocycles. The zero-order valence-electron chi connectivity index (χ0n) is 19.3. The first-order valence-electron chi connectivity index (χ1n) is 10.9. The summed E-state index contributed by atoms with van der Waals surface area (Å²) in [7, 11) is 5.83. The van der Waals surface area contributed by atoms with Gasteiger partial charge in [-0.05, 0) is 44.5 Å². The second-order valence-electron chi connectivity index (χ2n) is 8.39. The summed E-state index contributed by atoms with van der Waals surface area (Å²) in [5.74, 6) is 1.01. The molecule has 30 heavy (non-hydrogen) atoms. The maximum atomic E-state index is 12.8. The summed E-state index contributed by atoms with van der Waals surface area (Å²) in [5, 5.41) is 6.77. The van der Waals surface area contributed by atoms with Crippen molar-refractivity contribution in [1.29, 1.82) is 0 Å². The predicted molar refractivity (Wildman–Crippen MR) is 136 cm³/mol. The monoisotopic (exact) mass is 529 g/mol. The van der Waals surface area contributed by atoms with Crippen LogP contribution in [-0.4, -0.2) is 62.4 Å². The molecule has 2 rings (SSSR count). The van der Waals surface area contributed by atoms with Crippen molar-refractivity contribution in [2.75, 3.05) is 40.8 Å². The highest BCUT2D eigenvalue weighted by atomic mass is 127. The van der Waals surface area contributed by atoms with Crippen molar-refractivity contribution in [3.05, 3.63) is 35.4 Å². The summed E-state index contributed by atoms with van der Waals surface area (Å²) in [6, 6.07) is 8.62. The normalized spacial score (nSPS) is 15.6. The van der Waals surface area contributed by atoms with Crippen molar-refractivity contribution in [2.24, 2.45) is 10.4 Å². The molecular weight excluding hydrogens is 489 g/mol. The highest BCUT2D eigenvalue weighted by Crippen LogP contribution is 2.38. The molecule has 0 unspecified atom stereocenters. The second kappa shape index (κ2) is 13.1. The highest BCUT2D eigenvalue weighted by molar-refractivity contribution is 14.0. The number of hydrogen-bond donors (Lipinski definition) is 2. The first kappa shape index (κ1) is 26.7. The lowest BCUT2D eigenvalue weighted by Gasteiger charge is -2.31. The van der Waals surface area contributed by atoms with Crippen LogP contribution in [-0.2, 0) is 17.9 Å². The van der Waals surface area contributed by atoms with E-state index in [4.69, 9.17) is 4.99 Å². The lowest BCUT2D eigenvalue weighted by atomic mass is 9.84. The third kappa shape index (κ3) is 7.72. The third-order valence-electron chi connectivity index (χ3n) is 5.76. The average molecular weight is 530 g/mol. The first-order valence-corrected chi connectivity index (χ1v) is 10.9. The standard InChI is InChI=1S/C23H39N5O.HI/c1-6-24-22(26-18-23(13-8-9-14-23)21(29)27(3)4)25-16-19-11-10-12-20(15-19)17-28(5)7-2;/h10-12,15H,6-9,13-14,16-18H2,1-5H3,(H2,24,25,26);1H. The van der Waals surface area contributed by atoms with Gasteiger partial charge in [0.05, 0.1) is 12.0 Å². The fraction of sp³-hybridized carbons (Fsp3) is 0.652. The van der Waals surface area contributed by atoms with E-state index in [0.29, 0.717) is 13.1 Å². The van der Waals surface area contributed by atoms with Crippen molar-refractivity contribution in [1.82, 2.24) is 20.4 Å². The summed E-state index contributed by atoms with van der Waals surface area (Å²) in [5.41, 5.74) is 2.20. The number of hydrogen-bond acceptors (Lipinski definition) is 3. The molecule has 1 aromatic rings. The van der Waals surface area contributed by atoms with E-state index in [-0.39, 0.29) is 35.3 Å². The Morgan fingerprint density at radius 1 is 1.10 bits per heavy atom. The summed E-state index contributed by atoms with van der Waals surface area (Å²) < 4.78 is 0. The molecule has 0 aromatic heterocycles. The van der Waals surface area contributed by atoms with Crippen LogP contribution in [0.2, 0.25) is 0 Å². The smallest absolute Gasteiger partial charge is 0.230 e. The van der Waals surface area contributed by atoms with E-state index in [0.717, 1.165) is 51.3 Å². The minimum Gasteiger partial charge on any atom is -0.357 e. The molecule has 2 N–H and O–H groups in total. The molecule has 0 saturated heterocycles. The number of guanidine groups is 1. The van der Waals surface area contributed by atoms with Gasteiger partial charge in [0, 0.05) is 33.7 Å². The molecule has 1 saturated carbocycles. The summed E-state index contributed by atoms with van der Waals surface area (Å²) in [4.78, 5) is 21.6. The van der Waals surface area contributed by atoms with Crippen molar-refractivity contribution in [3.8, 4) is 0 Å². The molecular formula is C23H40IN5O. The van der Waals surface area contributed by atoms with E-state index in [2.05, 4.69) is 60.7 Å². The van der Waals surface area contributed by atoms with Gasteiger partial charge >= 0.3 is 0 Å². The molecule has 0 heterocycles. The summed E-state index contributed by atoms with van der Waals surface area (Å²) in [6.07, 6.45) is 4.13. The highest BCUT2D eigenvalue weighted by Gasteiger charge is 2.42. The number of nitrogens with one attached hydrogen (secondary N) is 2. The lowest BCUT2D eigenvalue weighted by Crippen LogP contribution is -2.49. The molecule has 6 nitrogen and oxygen atoms in total.